The number of carbonyl (C=O) groups excluding carboxylic acids is 1. The maximum atomic E-state index is 12.9. The lowest BCUT2D eigenvalue weighted by Gasteiger charge is -2.54. The van der Waals surface area contributed by atoms with Crippen LogP contribution in [0.5, 0.6) is 5.75 Å². The van der Waals surface area contributed by atoms with Crippen LogP contribution in [0.2, 0.25) is 0 Å². The summed E-state index contributed by atoms with van der Waals surface area (Å²) in [5.41, 5.74) is 0. The van der Waals surface area contributed by atoms with E-state index in [4.69, 9.17) is 9.15 Å². The molecule has 2 aromatic carbocycles. The van der Waals surface area contributed by atoms with Gasteiger partial charge in [-0.05, 0) is 79.4 Å². The van der Waals surface area contributed by atoms with Crippen LogP contribution in [0.3, 0.4) is 0 Å². The Balaban J connectivity index is 1.12. The van der Waals surface area contributed by atoms with Gasteiger partial charge in [-0.2, -0.15) is 0 Å². The Morgan fingerprint density at radius 2 is 1.63 bits per heavy atom. The molecule has 4 aliphatic carbocycles. The van der Waals surface area contributed by atoms with Crippen molar-refractivity contribution in [2.75, 3.05) is 0 Å². The van der Waals surface area contributed by atoms with Crippen LogP contribution in [0.4, 0.5) is 0 Å². The fraction of sp³-hybridized carbons (Fsp3) is 0.423. The standard InChI is InChI=1S/C26H27NO3/c28-26(27-25-19-11-16-10-17(13-19)14-20(25)12-16)24-9-8-21(30-24)15-29-23-7-3-5-18-4-1-2-6-22(18)23/h1-9,16-17,19-20,25H,10-15H2,(H,27,28). The number of rotatable bonds is 5. The highest BCUT2D eigenvalue weighted by molar-refractivity contribution is 5.91. The summed E-state index contributed by atoms with van der Waals surface area (Å²) >= 11 is 0. The quantitative estimate of drug-likeness (QED) is 0.608. The Hall–Kier alpha value is -2.75. The van der Waals surface area contributed by atoms with E-state index in [1.165, 1.54) is 32.1 Å². The van der Waals surface area contributed by atoms with Crippen LogP contribution in [0.25, 0.3) is 10.8 Å². The average molecular weight is 402 g/mol. The largest absolute Gasteiger partial charge is 0.485 e. The Morgan fingerprint density at radius 1 is 0.900 bits per heavy atom. The molecule has 4 heteroatoms. The molecule has 30 heavy (non-hydrogen) atoms. The van der Waals surface area contributed by atoms with E-state index >= 15 is 0 Å². The highest BCUT2D eigenvalue weighted by Gasteiger charge is 2.48. The molecule has 0 spiro atoms. The molecular formula is C26H27NO3. The predicted molar refractivity (Wildman–Crippen MR) is 115 cm³/mol. The first-order valence-corrected chi connectivity index (χ1v) is 11.2. The van der Waals surface area contributed by atoms with Gasteiger partial charge in [-0.3, -0.25) is 4.79 Å². The monoisotopic (exact) mass is 401 g/mol. The highest BCUT2D eigenvalue weighted by Crippen LogP contribution is 2.53. The van der Waals surface area contributed by atoms with E-state index in [0.717, 1.165) is 28.4 Å². The molecule has 4 aliphatic rings. The molecule has 4 nitrogen and oxygen atoms in total. The molecule has 3 aromatic rings. The lowest BCUT2D eigenvalue weighted by molar-refractivity contribution is -0.0123. The van der Waals surface area contributed by atoms with E-state index in [0.29, 0.717) is 36.0 Å². The van der Waals surface area contributed by atoms with E-state index in [9.17, 15) is 4.79 Å². The highest BCUT2D eigenvalue weighted by atomic mass is 16.5. The van der Waals surface area contributed by atoms with Crippen molar-refractivity contribution in [3.05, 3.63) is 66.1 Å². The number of furan rings is 1. The van der Waals surface area contributed by atoms with E-state index in [2.05, 4.69) is 23.5 Å². The SMILES string of the molecule is O=C(NC1C2CC3CC(C2)CC1C3)c1ccc(COc2cccc3ccccc23)o1. The summed E-state index contributed by atoms with van der Waals surface area (Å²) in [5.74, 6) is 4.93. The molecule has 0 unspecified atom stereocenters. The molecule has 1 heterocycles. The molecule has 0 saturated heterocycles. The van der Waals surface area contributed by atoms with Crippen molar-refractivity contribution in [1.82, 2.24) is 5.32 Å². The zero-order chi connectivity index (χ0) is 20.1. The lowest BCUT2D eigenvalue weighted by atomic mass is 9.54. The minimum absolute atomic E-state index is 0.0797. The van der Waals surface area contributed by atoms with Crippen molar-refractivity contribution in [2.45, 2.75) is 44.8 Å². The maximum absolute atomic E-state index is 12.9. The van der Waals surface area contributed by atoms with Gasteiger partial charge in [-0.15, -0.1) is 0 Å². The van der Waals surface area contributed by atoms with E-state index < -0.39 is 0 Å². The second-order valence-corrected chi connectivity index (χ2v) is 9.46. The molecule has 1 N–H and O–H groups in total. The summed E-state index contributed by atoms with van der Waals surface area (Å²) in [6.07, 6.45) is 6.59. The van der Waals surface area contributed by atoms with Gasteiger partial charge in [0.15, 0.2) is 5.76 Å². The summed E-state index contributed by atoms with van der Waals surface area (Å²) in [6, 6.07) is 18.1. The molecule has 4 saturated carbocycles. The molecule has 154 valence electrons. The number of nitrogens with one attached hydrogen (secondary N) is 1. The first-order valence-electron chi connectivity index (χ1n) is 11.2. The third-order valence-corrected chi connectivity index (χ3v) is 7.53. The Bertz CT molecular complexity index is 1050. The first-order chi connectivity index (χ1) is 14.7. The third kappa shape index (κ3) is 3.19. The second-order valence-electron chi connectivity index (χ2n) is 9.46. The summed E-state index contributed by atoms with van der Waals surface area (Å²) < 4.78 is 11.8. The van der Waals surface area contributed by atoms with Crippen molar-refractivity contribution in [2.24, 2.45) is 23.7 Å². The fourth-order valence-corrected chi connectivity index (χ4v) is 6.43. The van der Waals surface area contributed by atoms with Crippen molar-refractivity contribution >= 4 is 16.7 Å². The lowest BCUT2D eigenvalue weighted by Crippen LogP contribution is -2.55. The fourth-order valence-electron chi connectivity index (χ4n) is 6.43. The maximum Gasteiger partial charge on any atom is 0.287 e. The summed E-state index contributed by atoms with van der Waals surface area (Å²) in [5, 5.41) is 5.54. The number of ether oxygens (including phenoxy) is 1. The van der Waals surface area contributed by atoms with Gasteiger partial charge in [0.05, 0.1) is 0 Å². The van der Waals surface area contributed by atoms with Gasteiger partial charge < -0.3 is 14.5 Å². The van der Waals surface area contributed by atoms with Gasteiger partial charge in [-0.25, -0.2) is 0 Å². The second kappa shape index (κ2) is 7.19. The van der Waals surface area contributed by atoms with Crippen LogP contribution < -0.4 is 10.1 Å². The molecule has 0 aliphatic heterocycles. The molecule has 4 fully saturated rings. The van der Waals surface area contributed by atoms with E-state index in [-0.39, 0.29) is 5.91 Å². The summed E-state index contributed by atoms with van der Waals surface area (Å²) in [6.45, 7) is 0.305. The number of hydrogen-bond donors (Lipinski definition) is 1. The molecule has 1 aromatic heterocycles. The summed E-state index contributed by atoms with van der Waals surface area (Å²) in [4.78, 5) is 12.9. The number of carbonyl (C=O) groups is 1. The van der Waals surface area contributed by atoms with Gasteiger partial charge in [0.2, 0.25) is 0 Å². The molecule has 7 rings (SSSR count). The van der Waals surface area contributed by atoms with Gasteiger partial charge in [0, 0.05) is 11.4 Å². The molecule has 0 radical (unpaired) electrons. The molecule has 1 amide bonds. The van der Waals surface area contributed by atoms with E-state index in [1.54, 1.807) is 6.07 Å². The summed E-state index contributed by atoms with van der Waals surface area (Å²) in [7, 11) is 0. The number of fused-ring (bicyclic) bond motifs is 1. The van der Waals surface area contributed by atoms with Crippen LogP contribution in [0.15, 0.2) is 59.0 Å². The van der Waals surface area contributed by atoms with Crippen molar-refractivity contribution in [3.8, 4) is 5.75 Å². The molecule has 0 atom stereocenters. The minimum atomic E-state index is -0.0797. The molecule has 4 bridgehead atoms. The van der Waals surface area contributed by atoms with Crippen LogP contribution >= 0.6 is 0 Å². The van der Waals surface area contributed by atoms with E-state index in [1.807, 2.05) is 30.3 Å². The Labute approximate surface area is 176 Å². The average Bonchev–Trinajstić information content (AvgIpc) is 3.23. The van der Waals surface area contributed by atoms with Crippen LogP contribution in [0, 0.1) is 23.7 Å². The zero-order valence-corrected chi connectivity index (χ0v) is 17.1. The van der Waals surface area contributed by atoms with Crippen molar-refractivity contribution in [3.63, 3.8) is 0 Å². The van der Waals surface area contributed by atoms with Gasteiger partial charge in [0.25, 0.3) is 5.91 Å². The number of amides is 1. The zero-order valence-electron chi connectivity index (χ0n) is 17.1. The van der Waals surface area contributed by atoms with Gasteiger partial charge >= 0.3 is 0 Å². The normalized spacial score (nSPS) is 29.3. The van der Waals surface area contributed by atoms with Crippen molar-refractivity contribution in [1.29, 1.82) is 0 Å². The Morgan fingerprint density at radius 3 is 2.43 bits per heavy atom. The molecular weight excluding hydrogens is 374 g/mol. The smallest absolute Gasteiger partial charge is 0.287 e. The minimum Gasteiger partial charge on any atom is -0.485 e. The number of hydrogen-bond acceptors (Lipinski definition) is 3. The topological polar surface area (TPSA) is 51.5 Å². The third-order valence-electron chi connectivity index (χ3n) is 7.53. The van der Waals surface area contributed by atoms with Gasteiger partial charge in [0.1, 0.15) is 18.1 Å². The van der Waals surface area contributed by atoms with Crippen LogP contribution in [0.1, 0.15) is 48.4 Å². The number of benzene rings is 2. The van der Waals surface area contributed by atoms with Crippen LogP contribution in [-0.2, 0) is 6.61 Å². The predicted octanol–water partition coefficient (Wildman–Crippen LogP) is 5.57. The van der Waals surface area contributed by atoms with Crippen LogP contribution in [-0.4, -0.2) is 11.9 Å². The first kappa shape index (κ1) is 18.1. The van der Waals surface area contributed by atoms with Gasteiger partial charge in [-0.1, -0.05) is 36.4 Å². The van der Waals surface area contributed by atoms with Crippen molar-refractivity contribution < 1.29 is 13.9 Å². The Kier molecular flexibility index (Phi) is 4.33.